The molecule has 92 valence electrons. The second-order valence-electron chi connectivity index (χ2n) is 5.04. The number of amides is 1. The predicted octanol–water partition coefficient (Wildman–Crippen LogP) is 0.0808. The molecule has 1 N–H and O–H groups in total. The largest absolute Gasteiger partial charge is 0.333 e. The van der Waals surface area contributed by atoms with Gasteiger partial charge < -0.3 is 14.8 Å². The molecule has 0 radical (unpaired) electrons. The van der Waals surface area contributed by atoms with Crippen molar-refractivity contribution in [1.29, 1.82) is 0 Å². The first-order chi connectivity index (χ1) is 8.25. The number of hydrogen-bond donors (Lipinski definition) is 1. The summed E-state index contributed by atoms with van der Waals surface area (Å²) in [7, 11) is 0. The van der Waals surface area contributed by atoms with Crippen molar-refractivity contribution in [3.63, 3.8) is 0 Å². The lowest BCUT2D eigenvalue weighted by molar-refractivity contribution is -0.137. The van der Waals surface area contributed by atoms with Crippen LogP contribution in [0.25, 0.3) is 0 Å². The number of carbonyl (C=O) groups is 1. The fourth-order valence-electron chi connectivity index (χ4n) is 2.74. The monoisotopic (exact) mass is 234 g/mol. The normalized spacial score (nSPS) is 28.2. The van der Waals surface area contributed by atoms with Crippen molar-refractivity contribution in [3.05, 3.63) is 18.2 Å². The molecule has 3 rings (SSSR count). The van der Waals surface area contributed by atoms with E-state index in [0.717, 1.165) is 32.0 Å². The number of nitrogens with zero attached hydrogens (tertiary/aromatic N) is 3. The SMILES string of the molecule is C[C@@H]1CNC[C@H]1C(=O)N1CCn2ccnc2C1. The van der Waals surface area contributed by atoms with Crippen molar-refractivity contribution in [1.82, 2.24) is 19.8 Å². The van der Waals surface area contributed by atoms with Gasteiger partial charge in [-0.3, -0.25) is 4.79 Å². The van der Waals surface area contributed by atoms with E-state index < -0.39 is 0 Å². The molecule has 0 spiro atoms. The molecule has 1 fully saturated rings. The number of nitrogens with one attached hydrogen (secondary N) is 1. The predicted molar refractivity (Wildman–Crippen MR) is 63.2 cm³/mol. The molecule has 0 bridgehead atoms. The molecule has 17 heavy (non-hydrogen) atoms. The summed E-state index contributed by atoms with van der Waals surface area (Å²) >= 11 is 0. The first-order valence-corrected chi connectivity index (χ1v) is 6.25. The van der Waals surface area contributed by atoms with Crippen LogP contribution in [-0.4, -0.2) is 40.0 Å². The van der Waals surface area contributed by atoms with E-state index >= 15 is 0 Å². The lowest BCUT2D eigenvalue weighted by Gasteiger charge is -2.30. The van der Waals surface area contributed by atoms with Gasteiger partial charge >= 0.3 is 0 Å². The average molecular weight is 234 g/mol. The Labute approximate surface area is 101 Å². The van der Waals surface area contributed by atoms with Crippen molar-refractivity contribution in [2.45, 2.75) is 20.0 Å². The molecule has 0 aromatic carbocycles. The Kier molecular flexibility index (Phi) is 2.63. The quantitative estimate of drug-likeness (QED) is 0.748. The van der Waals surface area contributed by atoms with Crippen LogP contribution in [0.1, 0.15) is 12.7 Å². The Morgan fingerprint density at radius 1 is 1.47 bits per heavy atom. The fraction of sp³-hybridized carbons (Fsp3) is 0.667. The van der Waals surface area contributed by atoms with E-state index in [1.54, 1.807) is 0 Å². The Bertz CT molecular complexity index is 428. The highest BCUT2D eigenvalue weighted by Gasteiger charge is 2.34. The second-order valence-corrected chi connectivity index (χ2v) is 5.04. The Hall–Kier alpha value is -1.36. The zero-order valence-corrected chi connectivity index (χ0v) is 10.1. The molecule has 0 unspecified atom stereocenters. The summed E-state index contributed by atoms with van der Waals surface area (Å²) < 4.78 is 2.13. The average Bonchev–Trinajstić information content (AvgIpc) is 2.95. The fourth-order valence-corrected chi connectivity index (χ4v) is 2.74. The van der Waals surface area contributed by atoms with E-state index in [2.05, 4.69) is 21.8 Å². The molecule has 5 nitrogen and oxygen atoms in total. The van der Waals surface area contributed by atoms with Gasteiger partial charge in [0.15, 0.2) is 0 Å². The molecular weight excluding hydrogens is 216 g/mol. The van der Waals surface area contributed by atoms with Gasteiger partial charge in [-0.2, -0.15) is 0 Å². The lowest BCUT2D eigenvalue weighted by atomic mass is 9.96. The van der Waals surface area contributed by atoms with Crippen LogP contribution in [0.3, 0.4) is 0 Å². The van der Waals surface area contributed by atoms with Gasteiger partial charge in [0.25, 0.3) is 0 Å². The zero-order valence-electron chi connectivity index (χ0n) is 10.1. The summed E-state index contributed by atoms with van der Waals surface area (Å²) in [5.41, 5.74) is 0. The van der Waals surface area contributed by atoms with Crippen LogP contribution >= 0.6 is 0 Å². The first kappa shape index (κ1) is 10.8. The van der Waals surface area contributed by atoms with Gasteiger partial charge in [0, 0.05) is 32.0 Å². The minimum Gasteiger partial charge on any atom is -0.333 e. The van der Waals surface area contributed by atoms with Gasteiger partial charge in [-0.05, 0) is 12.5 Å². The van der Waals surface area contributed by atoms with Crippen molar-refractivity contribution in [2.24, 2.45) is 11.8 Å². The van der Waals surface area contributed by atoms with Gasteiger partial charge in [-0.15, -0.1) is 0 Å². The molecule has 1 saturated heterocycles. The number of aromatic nitrogens is 2. The Morgan fingerprint density at radius 3 is 3.12 bits per heavy atom. The second kappa shape index (κ2) is 4.14. The van der Waals surface area contributed by atoms with Gasteiger partial charge in [0.05, 0.1) is 12.5 Å². The van der Waals surface area contributed by atoms with E-state index in [4.69, 9.17) is 0 Å². The number of imidazole rings is 1. The molecule has 1 aromatic rings. The molecule has 2 atom stereocenters. The van der Waals surface area contributed by atoms with Crippen molar-refractivity contribution in [3.8, 4) is 0 Å². The van der Waals surface area contributed by atoms with Crippen LogP contribution in [0.2, 0.25) is 0 Å². The maximum atomic E-state index is 12.4. The van der Waals surface area contributed by atoms with Gasteiger partial charge in [0.1, 0.15) is 5.82 Å². The van der Waals surface area contributed by atoms with Crippen LogP contribution in [0.15, 0.2) is 12.4 Å². The minimum absolute atomic E-state index is 0.150. The molecule has 0 aliphatic carbocycles. The van der Waals surface area contributed by atoms with Crippen molar-refractivity contribution >= 4 is 5.91 Å². The first-order valence-electron chi connectivity index (χ1n) is 6.25. The van der Waals surface area contributed by atoms with E-state index in [1.807, 2.05) is 17.3 Å². The lowest BCUT2D eigenvalue weighted by Crippen LogP contribution is -2.43. The topological polar surface area (TPSA) is 50.2 Å². The van der Waals surface area contributed by atoms with Crippen molar-refractivity contribution < 1.29 is 4.79 Å². The van der Waals surface area contributed by atoms with E-state index in [-0.39, 0.29) is 11.8 Å². The summed E-state index contributed by atoms with van der Waals surface area (Å²) in [4.78, 5) is 18.6. The summed E-state index contributed by atoms with van der Waals surface area (Å²) in [6.45, 7) is 6.27. The molecule has 2 aliphatic rings. The highest BCUT2D eigenvalue weighted by molar-refractivity contribution is 5.79. The van der Waals surface area contributed by atoms with Crippen LogP contribution in [0.5, 0.6) is 0 Å². The zero-order chi connectivity index (χ0) is 11.8. The molecule has 1 aromatic heterocycles. The molecule has 5 heteroatoms. The highest BCUT2D eigenvalue weighted by Crippen LogP contribution is 2.21. The van der Waals surface area contributed by atoms with Gasteiger partial charge in [-0.25, -0.2) is 4.98 Å². The van der Waals surface area contributed by atoms with Crippen LogP contribution < -0.4 is 5.32 Å². The summed E-state index contributed by atoms with van der Waals surface area (Å²) in [6, 6.07) is 0. The maximum absolute atomic E-state index is 12.4. The summed E-state index contributed by atoms with van der Waals surface area (Å²) in [5.74, 6) is 1.89. The third-order valence-electron chi connectivity index (χ3n) is 3.89. The van der Waals surface area contributed by atoms with Crippen LogP contribution in [-0.2, 0) is 17.9 Å². The molecule has 3 heterocycles. The maximum Gasteiger partial charge on any atom is 0.227 e. The molecule has 2 aliphatic heterocycles. The van der Waals surface area contributed by atoms with Crippen LogP contribution in [0, 0.1) is 11.8 Å². The smallest absolute Gasteiger partial charge is 0.227 e. The highest BCUT2D eigenvalue weighted by atomic mass is 16.2. The third-order valence-corrected chi connectivity index (χ3v) is 3.89. The van der Waals surface area contributed by atoms with Gasteiger partial charge in [-0.1, -0.05) is 6.92 Å². The summed E-state index contributed by atoms with van der Waals surface area (Å²) in [5, 5.41) is 3.29. The van der Waals surface area contributed by atoms with E-state index in [0.29, 0.717) is 12.5 Å². The minimum atomic E-state index is 0.150. The number of rotatable bonds is 1. The molecule has 0 saturated carbocycles. The standard InChI is InChI=1S/C12H18N4O/c1-9-6-13-7-10(9)12(17)16-5-4-15-3-2-14-11(15)8-16/h2-3,9-10,13H,4-8H2,1H3/t9-,10-/m1/s1. The Balaban J connectivity index is 1.72. The number of hydrogen-bond acceptors (Lipinski definition) is 3. The third kappa shape index (κ3) is 1.84. The van der Waals surface area contributed by atoms with Gasteiger partial charge in [0.2, 0.25) is 5.91 Å². The van der Waals surface area contributed by atoms with E-state index in [9.17, 15) is 4.79 Å². The van der Waals surface area contributed by atoms with Crippen molar-refractivity contribution in [2.75, 3.05) is 19.6 Å². The summed E-state index contributed by atoms with van der Waals surface area (Å²) in [6.07, 6.45) is 3.79. The van der Waals surface area contributed by atoms with Crippen LogP contribution in [0.4, 0.5) is 0 Å². The van der Waals surface area contributed by atoms with E-state index in [1.165, 1.54) is 0 Å². The molecular formula is C12H18N4O. The number of fused-ring (bicyclic) bond motifs is 1. The molecule has 1 amide bonds. The Morgan fingerprint density at radius 2 is 2.35 bits per heavy atom. The number of carbonyl (C=O) groups excluding carboxylic acids is 1.